The summed E-state index contributed by atoms with van der Waals surface area (Å²) in [6.07, 6.45) is 8.05. The summed E-state index contributed by atoms with van der Waals surface area (Å²) in [6.45, 7) is 6.32. The Bertz CT molecular complexity index is 1150. The molecule has 1 aliphatic carbocycles. The number of hydrogen-bond donors (Lipinski definition) is 1. The van der Waals surface area contributed by atoms with Crippen LogP contribution in [0.2, 0.25) is 0 Å². The SMILES string of the molecule is Cc1ccc(-n2nc3c(=O)n(CCCC(=O)NC4CCCCCC4)nc(C)c3c2C)cc1. The van der Waals surface area contributed by atoms with Crippen LogP contribution in [0.15, 0.2) is 29.1 Å². The number of aryl methyl sites for hydroxylation is 4. The summed E-state index contributed by atoms with van der Waals surface area (Å²) in [5.41, 5.74) is 4.00. The first-order chi connectivity index (χ1) is 15.4. The second-order valence-corrected chi connectivity index (χ2v) is 9.03. The molecule has 1 N–H and O–H groups in total. The first-order valence-electron chi connectivity index (χ1n) is 11.8. The fourth-order valence-electron chi connectivity index (χ4n) is 4.69. The number of fused-ring (bicyclic) bond motifs is 1. The minimum Gasteiger partial charge on any atom is -0.353 e. The maximum absolute atomic E-state index is 13.1. The topological polar surface area (TPSA) is 81.8 Å². The average molecular weight is 436 g/mol. The molecule has 2 heterocycles. The highest BCUT2D eigenvalue weighted by atomic mass is 16.1. The molecule has 0 unspecified atom stereocenters. The number of carbonyl (C=O) groups is 1. The molecule has 0 radical (unpaired) electrons. The van der Waals surface area contributed by atoms with Crippen LogP contribution in [0.5, 0.6) is 0 Å². The van der Waals surface area contributed by atoms with Gasteiger partial charge in [0.25, 0.3) is 5.56 Å². The summed E-state index contributed by atoms with van der Waals surface area (Å²) in [6, 6.07) is 8.37. The summed E-state index contributed by atoms with van der Waals surface area (Å²) in [5, 5.41) is 13.1. The summed E-state index contributed by atoms with van der Waals surface area (Å²) in [4.78, 5) is 25.5. The van der Waals surface area contributed by atoms with E-state index in [4.69, 9.17) is 0 Å². The van der Waals surface area contributed by atoms with E-state index in [2.05, 4.69) is 15.5 Å². The number of rotatable bonds is 6. The van der Waals surface area contributed by atoms with E-state index in [1.54, 1.807) is 0 Å². The van der Waals surface area contributed by atoms with Crippen molar-refractivity contribution in [3.05, 3.63) is 51.6 Å². The summed E-state index contributed by atoms with van der Waals surface area (Å²) < 4.78 is 3.27. The van der Waals surface area contributed by atoms with Gasteiger partial charge in [0.1, 0.15) is 0 Å². The Hall–Kier alpha value is -2.96. The highest BCUT2D eigenvalue weighted by Crippen LogP contribution is 2.21. The highest BCUT2D eigenvalue weighted by molar-refractivity contribution is 5.83. The molecular weight excluding hydrogens is 402 g/mol. The molecule has 1 saturated carbocycles. The minimum absolute atomic E-state index is 0.0715. The van der Waals surface area contributed by atoms with Crippen LogP contribution in [0.1, 0.15) is 68.3 Å². The standard InChI is InChI=1S/C25H33N5O2/c1-17-12-14-21(15-13-17)30-19(3)23-18(2)27-29(25(32)24(23)28-30)16-8-11-22(31)26-20-9-6-4-5-7-10-20/h12-15,20H,4-11,16H2,1-3H3,(H,26,31). The van der Waals surface area contributed by atoms with Gasteiger partial charge in [-0.05, 0) is 52.2 Å². The zero-order valence-corrected chi connectivity index (χ0v) is 19.4. The van der Waals surface area contributed by atoms with Gasteiger partial charge in [0.15, 0.2) is 5.52 Å². The van der Waals surface area contributed by atoms with Crippen LogP contribution in [-0.2, 0) is 11.3 Å². The number of amides is 1. The molecule has 1 aromatic carbocycles. The van der Waals surface area contributed by atoms with Crippen molar-refractivity contribution in [2.75, 3.05) is 0 Å². The van der Waals surface area contributed by atoms with E-state index in [-0.39, 0.29) is 11.5 Å². The molecule has 1 fully saturated rings. The molecule has 32 heavy (non-hydrogen) atoms. The van der Waals surface area contributed by atoms with Crippen molar-refractivity contribution in [2.45, 2.75) is 84.7 Å². The minimum atomic E-state index is -0.205. The maximum Gasteiger partial charge on any atom is 0.295 e. The number of benzene rings is 1. The zero-order chi connectivity index (χ0) is 22.7. The predicted octanol–water partition coefficient (Wildman–Crippen LogP) is 4.13. The van der Waals surface area contributed by atoms with Gasteiger partial charge >= 0.3 is 0 Å². The lowest BCUT2D eigenvalue weighted by molar-refractivity contribution is -0.122. The average Bonchev–Trinajstić information content (AvgIpc) is 2.93. The summed E-state index contributed by atoms with van der Waals surface area (Å²) in [5.74, 6) is 0.0715. The molecule has 2 aromatic heterocycles. The van der Waals surface area contributed by atoms with E-state index in [1.165, 1.54) is 35.9 Å². The van der Waals surface area contributed by atoms with Gasteiger partial charge in [-0.3, -0.25) is 9.59 Å². The quantitative estimate of drug-likeness (QED) is 0.591. The van der Waals surface area contributed by atoms with Gasteiger partial charge in [0.05, 0.1) is 22.5 Å². The van der Waals surface area contributed by atoms with Crippen LogP contribution in [0.4, 0.5) is 0 Å². The number of nitrogens with zero attached hydrogens (tertiary/aromatic N) is 4. The number of nitrogens with one attached hydrogen (secondary N) is 1. The van der Waals surface area contributed by atoms with Crippen LogP contribution in [0.25, 0.3) is 16.6 Å². The lowest BCUT2D eigenvalue weighted by atomic mass is 10.1. The van der Waals surface area contributed by atoms with Crippen LogP contribution >= 0.6 is 0 Å². The van der Waals surface area contributed by atoms with Crippen molar-refractivity contribution in [3.8, 4) is 5.69 Å². The molecule has 1 aliphatic rings. The molecule has 0 spiro atoms. The largest absolute Gasteiger partial charge is 0.353 e. The molecular formula is C25H33N5O2. The predicted molar refractivity (Wildman–Crippen MR) is 126 cm³/mol. The summed E-state index contributed by atoms with van der Waals surface area (Å²) in [7, 11) is 0. The van der Waals surface area contributed by atoms with E-state index in [0.717, 1.165) is 35.3 Å². The van der Waals surface area contributed by atoms with Gasteiger partial charge in [0, 0.05) is 19.0 Å². The second-order valence-electron chi connectivity index (χ2n) is 9.03. The Morgan fingerprint density at radius 1 is 1.03 bits per heavy atom. The molecule has 3 aromatic rings. The van der Waals surface area contributed by atoms with Crippen molar-refractivity contribution in [1.82, 2.24) is 24.9 Å². The van der Waals surface area contributed by atoms with Crippen LogP contribution in [-0.4, -0.2) is 31.5 Å². The van der Waals surface area contributed by atoms with Crippen molar-refractivity contribution in [2.24, 2.45) is 0 Å². The Kier molecular flexibility index (Phi) is 6.72. The lowest BCUT2D eigenvalue weighted by Gasteiger charge is -2.16. The Balaban J connectivity index is 1.47. The molecule has 170 valence electrons. The maximum atomic E-state index is 13.1. The Morgan fingerprint density at radius 2 is 1.72 bits per heavy atom. The highest BCUT2D eigenvalue weighted by Gasteiger charge is 2.18. The third-order valence-corrected chi connectivity index (χ3v) is 6.46. The van der Waals surface area contributed by atoms with Gasteiger partial charge in [-0.15, -0.1) is 0 Å². The fraction of sp³-hybridized carbons (Fsp3) is 0.520. The van der Waals surface area contributed by atoms with E-state index < -0.39 is 0 Å². The van der Waals surface area contributed by atoms with E-state index in [1.807, 2.05) is 49.7 Å². The van der Waals surface area contributed by atoms with Crippen molar-refractivity contribution >= 4 is 16.8 Å². The molecule has 0 bridgehead atoms. The van der Waals surface area contributed by atoms with Crippen LogP contribution in [0, 0.1) is 20.8 Å². The van der Waals surface area contributed by atoms with Crippen molar-refractivity contribution < 1.29 is 4.79 Å². The molecule has 4 rings (SSSR count). The van der Waals surface area contributed by atoms with Gasteiger partial charge in [-0.1, -0.05) is 43.4 Å². The molecule has 0 saturated heterocycles. The van der Waals surface area contributed by atoms with Gasteiger partial charge < -0.3 is 5.32 Å². The molecule has 7 heteroatoms. The smallest absolute Gasteiger partial charge is 0.295 e. The number of aromatic nitrogens is 4. The first-order valence-corrected chi connectivity index (χ1v) is 11.8. The molecule has 0 atom stereocenters. The zero-order valence-electron chi connectivity index (χ0n) is 19.4. The normalized spacial score (nSPS) is 15.1. The number of hydrogen-bond acceptors (Lipinski definition) is 4. The van der Waals surface area contributed by atoms with Gasteiger partial charge in [-0.25, -0.2) is 9.36 Å². The molecule has 7 nitrogen and oxygen atoms in total. The van der Waals surface area contributed by atoms with E-state index in [0.29, 0.717) is 30.9 Å². The third kappa shape index (κ3) is 4.76. The Labute approximate surface area is 188 Å². The van der Waals surface area contributed by atoms with Crippen LogP contribution < -0.4 is 10.9 Å². The molecule has 1 amide bonds. The monoisotopic (exact) mass is 435 g/mol. The van der Waals surface area contributed by atoms with Gasteiger partial charge in [-0.2, -0.15) is 10.2 Å². The molecule has 0 aliphatic heterocycles. The summed E-state index contributed by atoms with van der Waals surface area (Å²) >= 11 is 0. The van der Waals surface area contributed by atoms with E-state index in [9.17, 15) is 9.59 Å². The van der Waals surface area contributed by atoms with Gasteiger partial charge in [0.2, 0.25) is 5.91 Å². The first kappa shape index (κ1) is 22.2. The van der Waals surface area contributed by atoms with Crippen molar-refractivity contribution in [1.29, 1.82) is 0 Å². The third-order valence-electron chi connectivity index (χ3n) is 6.46. The Morgan fingerprint density at radius 3 is 2.41 bits per heavy atom. The van der Waals surface area contributed by atoms with E-state index >= 15 is 0 Å². The van der Waals surface area contributed by atoms with Crippen LogP contribution in [0.3, 0.4) is 0 Å². The fourth-order valence-corrected chi connectivity index (χ4v) is 4.69. The van der Waals surface area contributed by atoms with Crippen molar-refractivity contribution in [3.63, 3.8) is 0 Å². The second kappa shape index (κ2) is 9.67. The lowest BCUT2D eigenvalue weighted by Crippen LogP contribution is -2.34. The number of carbonyl (C=O) groups excluding carboxylic acids is 1.